The van der Waals surface area contributed by atoms with Crippen molar-refractivity contribution in [3.63, 3.8) is 0 Å². The molecule has 3 aliphatic carbocycles. The summed E-state index contributed by atoms with van der Waals surface area (Å²) < 4.78 is 0. The quantitative estimate of drug-likeness (QED) is 0.427. The second kappa shape index (κ2) is 7.28. The fraction of sp³-hybridized carbons (Fsp3) is 0.417. The van der Waals surface area contributed by atoms with Crippen molar-refractivity contribution < 1.29 is 44.7 Å². The van der Waals surface area contributed by atoms with Crippen LogP contribution in [-0.2, 0) is 20.8 Å². The molecule has 0 heterocycles. The van der Waals surface area contributed by atoms with E-state index in [1.807, 2.05) is 0 Å². The standard InChI is InChI=1S/C24H24O9/c1-8(2)15-13-7-10-6-12-11(23(31)32)4-5-14(26)18(12)20(28)17(10)22(30)24(13,33)21(29)16(9(3)25)19(15)27/h4-5,8,10,13,15,26,28-29,33H,6-7H2,1-3H3,(H,31,32)/t10-,13-,15?,24+/m1/s1. The molecule has 174 valence electrons. The van der Waals surface area contributed by atoms with E-state index in [9.17, 15) is 44.7 Å². The number of carbonyl (C=O) groups excluding carboxylic acids is 3. The molecule has 0 aromatic heterocycles. The van der Waals surface area contributed by atoms with Crippen LogP contribution in [0.1, 0.15) is 48.7 Å². The van der Waals surface area contributed by atoms with Crippen molar-refractivity contribution in [3.05, 3.63) is 45.7 Å². The van der Waals surface area contributed by atoms with Gasteiger partial charge in [0.25, 0.3) is 0 Å². The predicted molar refractivity (Wildman–Crippen MR) is 114 cm³/mol. The molecule has 1 aromatic rings. The number of aliphatic hydroxyl groups excluding tert-OH is 2. The molecule has 1 aromatic carbocycles. The number of hydrogen-bond donors (Lipinski definition) is 5. The number of carbonyl (C=O) groups is 4. The number of fused-ring (bicyclic) bond motifs is 3. The maximum absolute atomic E-state index is 13.6. The van der Waals surface area contributed by atoms with Crippen molar-refractivity contribution in [2.24, 2.45) is 23.7 Å². The number of phenols is 1. The smallest absolute Gasteiger partial charge is 0.335 e. The molecule has 1 unspecified atom stereocenters. The van der Waals surface area contributed by atoms with Crippen LogP contribution in [0.15, 0.2) is 29.0 Å². The van der Waals surface area contributed by atoms with E-state index < -0.39 is 75.4 Å². The largest absolute Gasteiger partial charge is 0.508 e. The van der Waals surface area contributed by atoms with Crippen molar-refractivity contribution >= 4 is 29.1 Å². The van der Waals surface area contributed by atoms with Gasteiger partial charge in [0.1, 0.15) is 22.8 Å². The monoisotopic (exact) mass is 456 g/mol. The number of rotatable bonds is 3. The normalized spacial score (nSPS) is 29.1. The number of aliphatic hydroxyl groups is 3. The van der Waals surface area contributed by atoms with Gasteiger partial charge in [-0.1, -0.05) is 13.8 Å². The minimum atomic E-state index is -2.61. The SMILES string of the molecule is CC(=O)C1=C(O)[C@]2(O)C(=O)C3=C(O)c4c(O)ccc(C(=O)O)c4C[C@@H]3C[C@@H]2C(C(C)C)C1=O. The van der Waals surface area contributed by atoms with Crippen LogP contribution in [0.25, 0.3) is 5.76 Å². The Morgan fingerprint density at radius 1 is 1.12 bits per heavy atom. The van der Waals surface area contributed by atoms with Crippen molar-refractivity contribution in [2.45, 2.75) is 39.2 Å². The van der Waals surface area contributed by atoms with Gasteiger partial charge in [-0.05, 0) is 49.3 Å². The van der Waals surface area contributed by atoms with E-state index in [2.05, 4.69) is 0 Å². The van der Waals surface area contributed by atoms with Crippen LogP contribution in [0.4, 0.5) is 0 Å². The van der Waals surface area contributed by atoms with Gasteiger partial charge in [0, 0.05) is 17.4 Å². The third kappa shape index (κ3) is 2.88. The fourth-order valence-electron chi connectivity index (χ4n) is 5.79. The van der Waals surface area contributed by atoms with Gasteiger partial charge in [0.2, 0.25) is 5.78 Å². The number of phenolic OH excluding ortho intramolecular Hbond substituents is 1. The van der Waals surface area contributed by atoms with Gasteiger partial charge in [-0.25, -0.2) is 4.79 Å². The summed E-state index contributed by atoms with van der Waals surface area (Å²) in [6, 6.07) is 2.29. The zero-order chi connectivity index (χ0) is 24.6. The lowest BCUT2D eigenvalue weighted by Gasteiger charge is -2.50. The Bertz CT molecular complexity index is 1200. The van der Waals surface area contributed by atoms with E-state index in [4.69, 9.17) is 0 Å². The van der Waals surface area contributed by atoms with Crippen LogP contribution >= 0.6 is 0 Å². The van der Waals surface area contributed by atoms with Crippen LogP contribution in [0.2, 0.25) is 0 Å². The van der Waals surface area contributed by atoms with E-state index in [1.54, 1.807) is 13.8 Å². The average molecular weight is 456 g/mol. The fourth-order valence-corrected chi connectivity index (χ4v) is 5.79. The maximum Gasteiger partial charge on any atom is 0.335 e. The molecule has 33 heavy (non-hydrogen) atoms. The summed E-state index contributed by atoms with van der Waals surface area (Å²) in [6.45, 7) is 4.46. The number of aromatic hydroxyl groups is 1. The Morgan fingerprint density at radius 2 is 1.76 bits per heavy atom. The van der Waals surface area contributed by atoms with E-state index in [-0.39, 0.29) is 35.1 Å². The highest BCUT2D eigenvalue weighted by atomic mass is 16.4. The number of ketones is 3. The first kappa shape index (κ1) is 22.7. The zero-order valence-electron chi connectivity index (χ0n) is 18.2. The summed E-state index contributed by atoms with van der Waals surface area (Å²) in [7, 11) is 0. The highest BCUT2D eigenvalue weighted by Gasteiger charge is 2.63. The number of allylic oxidation sites excluding steroid dienone is 1. The van der Waals surface area contributed by atoms with Crippen LogP contribution in [0, 0.1) is 23.7 Å². The van der Waals surface area contributed by atoms with Crippen LogP contribution in [0.3, 0.4) is 0 Å². The van der Waals surface area contributed by atoms with Crippen molar-refractivity contribution in [3.8, 4) is 5.75 Å². The highest BCUT2D eigenvalue weighted by molar-refractivity contribution is 6.24. The van der Waals surface area contributed by atoms with E-state index in [1.165, 1.54) is 6.07 Å². The van der Waals surface area contributed by atoms with Crippen LogP contribution < -0.4 is 0 Å². The first-order valence-electron chi connectivity index (χ1n) is 10.6. The summed E-state index contributed by atoms with van der Waals surface area (Å²) in [6.07, 6.45) is -0.0637. The molecule has 9 nitrogen and oxygen atoms in total. The number of hydrogen-bond acceptors (Lipinski definition) is 8. The van der Waals surface area contributed by atoms with Crippen molar-refractivity contribution in [1.29, 1.82) is 0 Å². The van der Waals surface area contributed by atoms with Gasteiger partial charge in [-0.2, -0.15) is 0 Å². The molecule has 0 aliphatic heterocycles. The molecule has 0 radical (unpaired) electrons. The predicted octanol–water partition coefficient (Wildman–Crippen LogP) is 2.11. The van der Waals surface area contributed by atoms with Gasteiger partial charge in [0.15, 0.2) is 17.2 Å². The van der Waals surface area contributed by atoms with Gasteiger partial charge in [0.05, 0.1) is 11.1 Å². The maximum atomic E-state index is 13.6. The molecule has 0 spiro atoms. The number of carboxylic acids is 1. The molecule has 4 rings (SSSR count). The number of carboxylic acid groups (broad SMARTS) is 1. The lowest BCUT2D eigenvalue weighted by atomic mass is 9.54. The first-order valence-corrected chi connectivity index (χ1v) is 10.6. The number of Topliss-reactive ketones (excluding diaryl/α,β-unsaturated/α-hetero) is 3. The number of benzene rings is 1. The van der Waals surface area contributed by atoms with Gasteiger partial charge >= 0.3 is 5.97 Å². The Kier molecular flexibility index (Phi) is 5.01. The summed E-state index contributed by atoms with van der Waals surface area (Å²) in [5.41, 5.74) is -3.75. The summed E-state index contributed by atoms with van der Waals surface area (Å²) >= 11 is 0. The minimum absolute atomic E-state index is 0.0282. The van der Waals surface area contributed by atoms with E-state index in [0.29, 0.717) is 0 Å². The lowest BCUT2D eigenvalue weighted by molar-refractivity contribution is -0.155. The van der Waals surface area contributed by atoms with Crippen LogP contribution in [0.5, 0.6) is 5.75 Å². The zero-order valence-corrected chi connectivity index (χ0v) is 18.2. The van der Waals surface area contributed by atoms with Gasteiger partial charge < -0.3 is 25.5 Å². The molecule has 0 saturated heterocycles. The second-order valence-electron chi connectivity index (χ2n) is 9.31. The molecule has 0 amide bonds. The molecule has 9 heteroatoms. The molecule has 0 bridgehead atoms. The molecular weight excluding hydrogens is 432 g/mol. The molecular formula is C24H24O9. The Labute approximate surface area is 188 Å². The molecule has 4 atom stereocenters. The molecule has 1 saturated carbocycles. The molecule has 5 N–H and O–H groups in total. The summed E-state index contributed by atoms with van der Waals surface area (Å²) in [5.74, 6) is -9.15. The number of aromatic carboxylic acids is 1. The third-order valence-corrected chi connectivity index (χ3v) is 7.19. The second-order valence-corrected chi connectivity index (χ2v) is 9.31. The summed E-state index contributed by atoms with van der Waals surface area (Å²) in [4.78, 5) is 50.6. The average Bonchev–Trinajstić information content (AvgIpc) is 2.70. The Hall–Kier alpha value is -3.46. The topological polar surface area (TPSA) is 169 Å². The first-order chi connectivity index (χ1) is 15.3. The van der Waals surface area contributed by atoms with Gasteiger partial charge in [-0.3, -0.25) is 14.4 Å². The van der Waals surface area contributed by atoms with Crippen molar-refractivity contribution in [1.82, 2.24) is 0 Å². The third-order valence-electron chi connectivity index (χ3n) is 7.19. The highest BCUT2D eigenvalue weighted by Crippen LogP contribution is 2.54. The van der Waals surface area contributed by atoms with E-state index in [0.717, 1.165) is 13.0 Å². The Balaban J connectivity index is 2.00. The van der Waals surface area contributed by atoms with Gasteiger partial charge in [-0.15, -0.1) is 0 Å². The minimum Gasteiger partial charge on any atom is -0.508 e. The lowest BCUT2D eigenvalue weighted by Crippen LogP contribution is -2.61. The molecule has 1 fully saturated rings. The van der Waals surface area contributed by atoms with Crippen molar-refractivity contribution in [2.75, 3.05) is 0 Å². The van der Waals surface area contributed by atoms with Crippen LogP contribution in [-0.4, -0.2) is 54.5 Å². The molecule has 3 aliphatic rings. The summed E-state index contributed by atoms with van der Waals surface area (Å²) in [5, 5.41) is 53.2. The van der Waals surface area contributed by atoms with E-state index >= 15 is 0 Å². The Morgan fingerprint density at radius 3 is 2.30 bits per heavy atom.